The monoisotopic (exact) mass is 694 g/mol. The molecule has 0 radical (unpaired) electrons. The minimum atomic E-state index is -4.38. The average molecular weight is 695 g/mol. The summed E-state index contributed by atoms with van der Waals surface area (Å²) in [6.07, 6.45) is 4.75. The SMILES string of the molecule is NC(=O)[C@H](Cc1ccc2ccccc2c1)NC(=O)[C@@H]1CCCCN1C(=O)[C@H](CSCP(=O)(O)O)NC(=O)C1(c2ccccc2)CCCC1. The zero-order chi connectivity index (χ0) is 34.3. The van der Waals surface area contributed by atoms with E-state index < -0.39 is 54.4 Å². The van der Waals surface area contributed by atoms with E-state index in [2.05, 4.69) is 10.6 Å². The molecule has 256 valence electrons. The number of piperidine rings is 1. The van der Waals surface area contributed by atoms with Crippen LogP contribution < -0.4 is 16.4 Å². The molecule has 5 rings (SSSR count). The Bertz CT molecular complexity index is 1680. The highest BCUT2D eigenvalue weighted by Gasteiger charge is 2.45. The Kier molecular flexibility index (Phi) is 11.6. The van der Waals surface area contributed by atoms with Gasteiger partial charge >= 0.3 is 7.60 Å². The number of nitrogens with two attached hydrogens (primary N) is 1. The van der Waals surface area contributed by atoms with Crippen LogP contribution in [0, 0.1) is 0 Å². The van der Waals surface area contributed by atoms with Crippen molar-refractivity contribution < 1.29 is 33.5 Å². The van der Waals surface area contributed by atoms with Crippen molar-refractivity contribution in [3.05, 3.63) is 83.9 Å². The molecule has 0 aromatic heterocycles. The highest BCUT2D eigenvalue weighted by molar-refractivity contribution is 8.04. The Morgan fingerprint density at radius 2 is 1.58 bits per heavy atom. The Labute approximate surface area is 284 Å². The second-order valence-electron chi connectivity index (χ2n) is 12.7. The number of hydrogen-bond acceptors (Lipinski definition) is 6. The number of primary amides is 1. The second-order valence-corrected chi connectivity index (χ2v) is 15.8. The summed E-state index contributed by atoms with van der Waals surface area (Å²) in [5, 5.41) is 7.75. The fourth-order valence-corrected chi connectivity index (χ4v) is 8.74. The first kappa shape index (κ1) is 35.6. The molecule has 13 heteroatoms. The average Bonchev–Trinajstić information content (AvgIpc) is 3.58. The van der Waals surface area contributed by atoms with E-state index in [4.69, 9.17) is 5.73 Å². The topological polar surface area (TPSA) is 179 Å². The molecule has 0 bridgehead atoms. The normalized spacial score (nSPS) is 19.0. The number of nitrogens with one attached hydrogen (secondary N) is 2. The molecule has 2 fully saturated rings. The summed E-state index contributed by atoms with van der Waals surface area (Å²) >= 11 is 0.879. The lowest BCUT2D eigenvalue weighted by atomic mass is 9.78. The van der Waals surface area contributed by atoms with Gasteiger partial charge in [0.15, 0.2) is 0 Å². The van der Waals surface area contributed by atoms with E-state index in [9.17, 15) is 33.5 Å². The number of amides is 4. The van der Waals surface area contributed by atoms with Gasteiger partial charge in [0.2, 0.25) is 23.6 Å². The molecule has 6 N–H and O–H groups in total. The van der Waals surface area contributed by atoms with E-state index in [-0.39, 0.29) is 24.6 Å². The van der Waals surface area contributed by atoms with E-state index in [1.807, 2.05) is 72.8 Å². The molecule has 0 unspecified atom stereocenters. The summed E-state index contributed by atoms with van der Waals surface area (Å²) in [4.78, 5) is 74.9. The number of carbonyl (C=O) groups is 4. The van der Waals surface area contributed by atoms with Gasteiger partial charge in [-0.25, -0.2) is 0 Å². The van der Waals surface area contributed by atoms with Crippen LogP contribution >= 0.6 is 19.4 Å². The first-order chi connectivity index (χ1) is 23.0. The minimum Gasteiger partial charge on any atom is -0.368 e. The van der Waals surface area contributed by atoms with Crippen molar-refractivity contribution in [1.82, 2.24) is 15.5 Å². The third-order valence-corrected chi connectivity index (χ3v) is 12.0. The van der Waals surface area contributed by atoms with Gasteiger partial charge in [-0.1, -0.05) is 85.6 Å². The Balaban J connectivity index is 1.34. The summed E-state index contributed by atoms with van der Waals surface area (Å²) in [6.45, 7) is 0.252. The van der Waals surface area contributed by atoms with Gasteiger partial charge in [-0.3, -0.25) is 23.7 Å². The fourth-order valence-electron chi connectivity index (χ4n) is 6.90. The number of fused-ring (bicyclic) bond motifs is 1. The third kappa shape index (κ3) is 8.66. The van der Waals surface area contributed by atoms with Crippen LogP contribution in [0.5, 0.6) is 0 Å². The van der Waals surface area contributed by atoms with Gasteiger partial charge < -0.3 is 31.1 Å². The third-order valence-electron chi connectivity index (χ3n) is 9.37. The van der Waals surface area contributed by atoms with Crippen LogP contribution in [-0.2, 0) is 35.6 Å². The van der Waals surface area contributed by atoms with Gasteiger partial charge in [0, 0.05) is 18.7 Å². The predicted octanol–water partition coefficient (Wildman–Crippen LogP) is 3.60. The van der Waals surface area contributed by atoms with E-state index in [1.165, 1.54) is 4.90 Å². The van der Waals surface area contributed by atoms with Gasteiger partial charge in [-0.2, -0.15) is 0 Å². The van der Waals surface area contributed by atoms with E-state index in [0.717, 1.165) is 46.5 Å². The zero-order valence-electron chi connectivity index (χ0n) is 26.8. The molecule has 1 aliphatic carbocycles. The van der Waals surface area contributed by atoms with Crippen LogP contribution in [0.3, 0.4) is 0 Å². The Morgan fingerprint density at radius 3 is 2.27 bits per heavy atom. The number of benzene rings is 3. The van der Waals surface area contributed by atoms with Crippen LogP contribution in [0.1, 0.15) is 56.1 Å². The molecule has 3 aromatic carbocycles. The Hall–Kier alpha value is -3.70. The van der Waals surface area contributed by atoms with Gasteiger partial charge in [0.25, 0.3) is 0 Å². The van der Waals surface area contributed by atoms with Gasteiger partial charge in [-0.05, 0) is 54.0 Å². The summed E-state index contributed by atoms with van der Waals surface area (Å²) < 4.78 is 11.6. The number of nitrogens with zero attached hydrogens (tertiary/aromatic N) is 1. The molecule has 3 atom stereocenters. The maximum atomic E-state index is 14.2. The summed E-state index contributed by atoms with van der Waals surface area (Å²) in [7, 11) is -4.38. The van der Waals surface area contributed by atoms with Crippen molar-refractivity contribution in [1.29, 1.82) is 0 Å². The Morgan fingerprint density at radius 1 is 0.896 bits per heavy atom. The molecule has 1 saturated heterocycles. The summed E-state index contributed by atoms with van der Waals surface area (Å²) in [6, 6.07) is 20.0. The summed E-state index contributed by atoms with van der Waals surface area (Å²) in [5.41, 5.74) is 6.06. The zero-order valence-corrected chi connectivity index (χ0v) is 28.5. The van der Waals surface area contributed by atoms with Crippen molar-refractivity contribution in [2.75, 3.05) is 17.8 Å². The maximum absolute atomic E-state index is 14.2. The molecule has 48 heavy (non-hydrogen) atoms. The second kappa shape index (κ2) is 15.7. The van der Waals surface area contributed by atoms with Crippen LogP contribution in [0.25, 0.3) is 10.8 Å². The number of thioether (sulfide) groups is 1. The van der Waals surface area contributed by atoms with Gasteiger partial charge in [0.05, 0.1) is 10.9 Å². The van der Waals surface area contributed by atoms with E-state index >= 15 is 0 Å². The lowest BCUT2D eigenvalue weighted by Gasteiger charge is -2.38. The van der Waals surface area contributed by atoms with Gasteiger partial charge in [-0.15, -0.1) is 11.8 Å². The van der Waals surface area contributed by atoms with Crippen molar-refractivity contribution in [2.45, 2.75) is 74.9 Å². The molecular formula is C35H43N4O7PS. The molecule has 1 aliphatic heterocycles. The number of rotatable bonds is 13. The molecular weight excluding hydrogens is 651 g/mol. The molecule has 1 heterocycles. The van der Waals surface area contributed by atoms with Crippen LogP contribution in [0.15, 0.2) is 72.8 Å². The van der Waals surface area contributed by atoms with E-state index in [0.29, 0.717) is 32.1 Å². The fraction of sp³-hybridized carbons (Fsp3) is 0.429. The highest BCUT2D eigenvalue weighted by Crippen LogP contribution is 2.42. The first-order valence-electron chi connectivity index (χ1n) is 16.3. The maximum Gasteiger partial charge on any atom is 0.335 e. The number of carbonyl (C=O) groups excluding carboxylic acids is 4. The predicted molar refractivity (Wildman–Crippen MR) is 186 cm³/mol. The molecule has 4 amide bonds. The molecule has 3 aromatic rings. The van der Waals surface area contributed by atoms with Crippen LogP contribution in [0.4, 0.5) is 0 Å². The molecule has 1 saturated carbocycles. The molecule has 0 spiro atoms. The quantitative estimate of drug-likeness (QED) is 0.169. The van der Waals surface area contributed by atoms with Gasteiger partial charge in [0.1, 0.15) is 18.1 Å². The minimum absolute atomic E-state index is 0.0860. The smallest absolute Gasteiger partial charge is 0.335 e. The number of hydrogen-bond donors (Lipinski definition) is 5. The van der Waals surface area contributed by atoms with Crippen molar-refractivity contribution in [3.8, 4) is 0 Å². The lowest BCUT2D eigenvalue weighted by Crippen LogP contribution is -2.61. The summed E-state index contributed by atoms with van der Waals surface area (Å²) in [5.74, 6) is -2.13. The van der Waals surface area contributed by atoms with Crippen molar-refractivity contribution in [3.63, 3.8) is 0 Å². The van der Waals surface area contributed by atoms with Crippen molar-refractivity contribution in [2.24, 2.45) is 5.73 Å². The molecule has 2 aliphatic rings. The lowest BCUT2D eigenvalue weighted by molar-refractivity contribution is -0.145. The molecule has 11 nitrogen and oxygen atoms in total. The van der Waals surface area contributed by atoms with E-state index in [1.54, 1.807) is 0 Å². The highest BCUT2D eigenvalue weighted by atomic mass is 32.2. The number of likely N-dealkylation sites (tertiary alicyclic amines) is 1. The largest absolute Gasteiger partial charge is 0.368 e. The van der Waals surface area contributed by atoms with Crippen molar-refractivity contribution >= 4 is 53.8 Å². The first-order valence-corrected chi connectivity index (χ1v) is 19.3. The van der Waals surface area contributed by atoms with Crippen LogP contribution in [0.2, 0.25) is 0 Å². The van der Waals surface area contributed by atoms with Crippen LogP contribution in [-0.4, -0.2) is 74.2 Å². The standard InChI is InChI=1S/C35H43N4O7PS/c36-31(40)28(21-24-15-16-25-10-4-5-11-26(25)20-24)37-32(41)30-14-6-9-19-39(30)33(42)29(22-48-23-47(44,45)46)38-34(43)35(17-7-8-18-35)27-12-2-1-3-13-27/h1-5,10-13,15-16,20,28-30H,6-9,14,17-19,21-23H2,(H2,36,40)(H,37,41)(H,38,43)(H2,44,45,46)/t28-,29-,30-/m0/s1.